The summed E-state index contributed by atoms with van der Waals surface area (Å²) < 4.78 is 64.5. The molecule has 0 fully saturated rings. The Morgan fingerprint density at radius 3 is 1.94 bits per heavy atom. The number of rotatable bonds is 3. The average Bonchev–Trinajstić information content (AvgIpc) is 4.45. The zero-order chi connectivity index (χ0) is 56.7. The number of hydrogen-bond acceptors (Lipinski definition) is 5. The van der Waals surface area contributed by atoms with Gasteiger partial charge in [0.1, 0.15) is 34.2 Å². The van der Waals surface area contributed by atoms with Gasteiger partial charge in [-0.25, -0.2) is 0 Å². The number of nitrogens with zero attached hydrogens (tertiary/aromatic N) is 3. The van der Waals surface area contributed by atoms with E-state index in [-0.39, 0.29) is 41.7 Å². The molecule has 0 N–H and O–H groups in total. The Morgan fingerprint density at radius 2 is 1.24 bits per heavy atom. The van der Waals surface area contributed by atoms with Crippen molar-refractivity contribution in [3.05, 3.63) is 204 Å². The minimum absolute atomic E-state index is 0.0461. The molecule has 378 valence electrons. The van der Waals surface area contributed by atoms with E-state index >= 15 is 0 Å². The lowest BCUT2D eigenvalue weighted by Gasteiger charge is -2.34. The van der Waals surface area contributed by atoms with E-state index in [4.69, 9.17) is 16.6 Å². The molecule has 13 aromatic rings. The Morgan fingerprint density at radius 1 is 0.582 bits per heavy atom. The van der Waals surface area contributed by atoms with Gasteiger partial charge in [0.2, 0.25) is 0 Å². The summed E-state index contributed by atoms with van der Waals surface area (Å²) in [6, 6.07) is 51.3. The van der Waals surface area contributed by atoms with Gasteiger partial charge < -0.3 is 23.0 Å². The summed E-state index contributed by atoms with van der Waals surface area (Å²) in [6.45, 7) is 13.3. The van der Waals surface area contributed by atoms with Crippen LogP contribution in [0.3, 0.4) is 0 Å². The van der Waals surface area contributed by atoms with Crippen LogP contribution in [0.5, 0.6) is 23.0 Å². The van der Waals surface area contributed by atoms with Crippen LogP contribution in [0.1, 0.15) is 75.8 Å². The molecule has 1 aliphatic carbocycles. The second kappa shape index (κ2) is 16.5. The number of hydrogen-bond donors (Lipinski definition) is 0. The lowest BCUT2D eigenvalue weighted by Crippen LogP contribution is -2.57. The van der Waals surface area contributed by atoms with Gasteiger partial charge in [0.05, 0.1) is 28.1 Å². The molecule has 9 aromatic carbocycles. The van der Waals surface area contributed by atoms with Crippen LogP contribution in [0.2, 0.25) is 0 Å². The quantitative estimate of drug-likeness (QED) is 0.131. The number of fused-ring (bicyclic) bond motifs is 17. The molecule has 2 aliphatic heterocycles. The summed E-state index contributed by atoms with van der Waals surface area (Å²) in [6.07, 6.45) is 6.63. The smallest absolute Gasteiger partial charge is 0.260 e. The van der Waals surface area contributed by atoms with Crippen molar-refractivity contribution in [1.82, 2.24) is 9.13 Å². The van der Waals surface area contributed by atoms with Crippen LogP contribution in [0.4, 0.5) is 0 Å². The van der Waals surface area contributed by atoms with Gasteiger partial charge in [-0.3, -0.25) is 0 Å². The first kappa shape index (κ1) is 42.1. The maximum atomic E-state index is 10.2. The normalized spacial score (nSPS) is 15.8. The predicted octanol–water partition coefficient (Wildman–Crippen LogP) is 17.4. The fourth-order valence-corrected chi connectivity index (χ4v) is 14.0. The maximum absolute atomic E-state index is 10.2. The molecule has 3 aliphatic rings. The molecular weight excluding hydrogens is 986 g/mol. The van der Waals surface area contributed by atoms with E-state index in [1.54, 1.807) is 17.4 Å². The molecule has 16 rings (SSSR count). The minimum Gasteiger partial charge on any atom is -0.458 e. The van der Waals surface area contributed by atoms with E-state index < -0.39 is 0 Å². The summed E-state index contributed by atoms with van der Waals surface area (Å²) in [5.74, 6) is 2.63. The summed E-state index contributed by atoms with van der Waals surface area (Å²) in [5, 5.41) is 17.5. The molecule has 0 saturated heterocycles. The van der Waals surface area contributed by atoms with E-state index in [1.165, 1.54) is 42.1 Å². The van der Waals surface area contributed by atoms with Crippen LogP contribution in [0.25, 0.3) is 103 Å². The summed E-state index contributed by atoms with van der Waals surface area (Å²) in [4.78, 5) is 0. The Balaban J connectivity index is 0.926. The molecule has 79 heavy (non-hydrogen) atoms. The predicted molar refractivity (Wildman–Crippen MR) is 329 cm³/mol. The molecule has 0 saturated carbocycles. The first-order valence-electron chi connectivity index (χ1n) is 29.1. The second-order valence-electron chi connectivity index (χ2n) is 23.5. The summed E-state index contributed by atoms with van der Waals surface area (Å²) in [5.41, 5.74) is 14.7. The zero-order valence-corrected chi connectivity index (χ0v) is 45.3. The minimum atomic E-state index is -0.326. The summed E-state index contributed by atoms with van der Waals surface area (Å²) >= 11 is 1.79. The number of aromatic nitrogens is 2. The zero-order valence-electron chi connectivity index (χ0n) is 48.5. The largest absolute Gasteiger partial charge is 0.458 e. The van der Waals surface area contributed by atoms with Crippen molar-refractivity contribution in [1.29, 1.82) is 5.26 Å². The van der Waals surface area contributed by atoms with Crippen molar-refractivity contribution in [2.24, 2.45) is 0 Å². The molecule has 4 aromatic heterocycles. The summed E-state index contributed by atoms with van der Waals surface area (Å²) in [7, 11) is 0. The van der Waals surface area contributed by atoms with Crippen molar-refractivity contribution < 1.29 is 19.4 Å². The fraction of sp³-hybridized carbons (Fsp3) is 0.141. The third-order valence-corrected chi connectivity index (χ3v) is 17.9. The van der Waals surface area contributed by atoms with Crippen LogP contribution in [0.15, 0.2) is 186 Å². The SMILES string of the molecule is [2H]c1c([2H])c([2H])c2c(c1[2H])c1c(n2-c2ccc3c(c2)Oc2cc(-c4cccc5c4oc4ccc6sc7ccccc7c6c45)cc4c2B3c2ccc(-n3c5ccc(C(C)(C)C)cc5c5cc(C(C)(C)C)ccc53)cc2O4)C/C=C\C/C(C#N)=C\1. The van der Waals surface area contributed by atoms with E-state index in [9.17, 15) is 8.00 Å². The fourth-order valence-electron chi connectivity index (χ4n) is 12.9. The lowest BCUT2D eigenvalue weighted by molar-refractivity contribution is 0.464. The highest BCUT2D eigenvalue weighted by Gasteiger charge is 2.41. The van der Waals surface area contributed by atoms with Gasteiger partial charge >= 0.3 is 0 Å². The molecule has 0 amide bonds. The van der Waals surface area contributed by atoms with Gasteiger partial charge in [-0.2, -0.15) is 5.26 Å². The number of para-hydroxylation sites is 2. The molecular formula is C71H52BN3O3S. The van der Waals surface area contributed by atoms with E-state index in [0.717, 1.165) is 77.6 Å². The van der Waals surface area contributed by atoms with Crippen LogP contribution in [-0.2, 0) is 17.3 Å². The van der Waals surface area contributed by atoms with Gasteiger partial charge in [-0.05, 0) is 117 Å². The maximum Gasteiger partial charge on any atom is 0.260 e. The Kier molecular flexibility index (Phi) is 8.78. The van der Waals surface area contributed by atoms with Gasteiger partial charge in [0, 0.05) is 111 Å². The number of nitriles is 1. The van der Waals surface area contributed by atoms with E-state index in [0.29, 0.717) is 57.8 Å². The number of furan rings is 1. The topological polar surface area (TPSA) is 65.2 Å². The molecule has 0 atom stereocenters. The first-order valence-corrected chi connectivity index (χ1v) is 27.9. The van der Waals surface area contributed by atoms with Crippen LogP contribution in [0, 0.1) is 11.3 Å². The number of benzene rings is 9. The van der Waals surface area contributed by atoms with Crippen LogP contribution < -0.4 is 25.9 Å². The molecule has 6 nitrogen and oxygen atoms in total. The van der Waals surface area contributed by atoms with Gasteiger partial charge in [0.15, 0.2) is 0 Å². The number of allylic oxidation sites excluding steroid dienone is 3. The van der Waals surface area contributed by atoms with E-state index in [2.05, 4.69) is 180 Å². The van der Waals surface area contributed by atoms with Gasteiger partial charge in [-0.15, -0.1) is 11.3 Å². The van der Waals surface area contributed by atoms with Crippen LogP contribution in [-0.4, -0.2) is 15.8 Å². The first-order chi connectivity index (χ1) is 40.0. The Labute approximate surface area is 467 Å². The Bertz CT molecular complexity index is 5140. The third kappa shape index (κ3) is 6.82. The highest BCUT2D eigenvalue weighted by molar-refractivity contribution is 7.26. The molecule has 6 heterocycles. The van der Waals surface area contributed by atoms with Crippen molar-refractivity contribution >= 4 is 115 Å². The Hall–Kier alpha value is -9.03. The third-order valence-electron chi connectivity index (χ3n) is 16.8. The van der Waals surface area contributed by atoms with Crippen molar-refractivity contribution in [3.63, 3.8) is 0 Å². The molecule has 0 radical (unpaired) electrons. The highest BCUT2D eigenvalue weighted by Crippen LogP contribution is 2.47. The van der Waals surface area contributed by atoms with Crippen molar-refractivity contribution in [2.75, 3.05) is 0 Å². The number of thiophene rings is 1. The molecule has 0 spiro atoms. The lowest BCUT2D eigenvalue weighted by atomic mass is 9.35. The molecule has 8 heteroatoms. The van der Waals surface area contributed by atoms with Crippen LogP contribution >= 0.6 is 11.3 Å². The average molecular weight is 1040 g/mol. The highest BCUT2D eigenvalue weighted by atomic mass is 32.1. The van der Waals surface area contributed by atoms with Crippen molar-refractivity contribution in [3.8, 4) is 51.6 Å². The monoisotopic (exact) mass is 1040 g/mol. The molecule has 0 bridgehead atoms. The van der Waals surface area contributed by atoms with E-state index in [1.807, 2.05) is 28.9 Å². The van der Waals surface area contributed by atoms with Gasteiger partial charge in [0.25, 0.3) is 6.71 Å². The van der Waals surface area contributed by atoms with Crippen molar-refractivity contribution in [2.45, 2.75) is 65.2 Å². The number of ether oxygens (including phenoxy) is 2. The standard InChI is InChI=1S/C71H52BN3O3S/c1-70(2,3)42-22-28-57-51(35-42)52-36-43(71(4,5)6)23-29-58(52)75(57)45-25-27-54-61(38-45)77-63-34-41(46-17-13-18-49-66-59(78-69(46)49)30-31-65-67(66)48-16-9-12-21-64(48)79-65)33-62-68(63)72(54)53-26-24-44(37-60(53)76-62)74-55-19-11-8-15-47(55)50-32-40(39-73)14-7-10-20-56(50)74/h7-13,15-19,21-38H,14,20H2,1-6H3/b10-7-,40-32+/i8D,11D,15D,19D. The van der Waals surface area contributed by atoms with Gasteiger partial charge in [-0.1, -0.05) is 132 Å². The molecule has 0 unspecified atom stereocenters. The second-order valence-corrected chi connectivity index (χ2v) is 24.6.